The maximum absolute atomic E-state index is 12.5. The summed E-state index contributed by atoms with van der Waals surface area (Å²) in [5, 5.41) is 0. The van der Waals surface area contributed by atoms with Gasteiger partial charge in [-0.05, 0) is 30.5 Å². The molecule has 0 bridgehead atoms. The van der Waals surface area contributed by atoms with Crippen LogP contribution in [0.4, 0.5) is 8.78 Å². The van der Waals surface area contributed by atoms with E-state index in [-0.39, 0.29) is 11.3 Å². The SMILES string of the molecule is CCc1cc(C(F)F)ccc1C(Br)C(C)=O. The van der Waals surface area contributed by atoms with Crippen molar-refractivity contribution in [2.75, 3.05) is 0 Å². The van der Waals surface area contributed by atoms with Crippen molar-refractivity contribution in [2.45, 2.75) is 31.5 Å². The predicted octanol–water partition coefficient (Wildman–Crippen LogP) is 4.21. The lowest BCUT2D eigenvalue weighted by Gasteiger charge is -2.13. The van der Waals surface area contributed by atoms with Gasteiger partial charge in [0.05, 0.1) is 4.83 Å². The Labute approximate surface area is 102 Å². The van der Waals surface area contributed by atoms with Gasteiger partial charge in [0.15, 0.2) is 0 Å². The minimum Gasteiger partial charge on any atom is -0.298 e. The quantitative estimate of drug-likeness (QED) is 0.759. The summed E-state index contributed by atoms with van der Waals surface area (Å²) in [5.74, 6) is -0.0282. The minimum absolute atomic E-state index is 0.00357. The van der Waals surface area contributed by atoms with Crippen LogP contribution in [0, 0.1) is 0 Å². The van der Waals surface area contributed by atoms with Crippen molar-refractivity contribution >= 4 is 21.7 Å². The van der Waals surface area contributed by atoms with Crippen molar-refractivity contribution in [3.05, 3.63) is 34.9 Å². The maximum Gasteiger partial charge on any atom is 0.263 e. The summed E-state index contributed by atoms with van der Waals surface area (Å²) in [6, 6.07) is 4.44. The Balaban J connectivity index is 3.16. The first-order chi connectivity index (χ1) is 7.47. The molecule has 0 saturated heterocycles. The van der Waals surface area contributed by atoms with Gasteiger partial charge in [0.2, 0.25) is 0 Å². The molecule has 0 aliphatic carbocycles. The fraction of sp³-hybridized carbons (Fsp3) is 0.417. The summed E-state index contributed by atoms with van der Waals surface area (Å²) in [5.41, 5.74) is 1.57. The lowest BCUT2D eigenvalue weighted by Crippen LogP contribution is -2.05. The average molecular weight is 291 g/mol. The second-order valence-corrected chi connectivity index (χ2v) is 4.50. The third kappa shape index (κ3) is 2.88. The number of Topliss-reactive ketones (excluding diaryl/α,β-unsaturated/α-hetero) is 1. The van der Waals surface area contributed by atoms with Crippen LogP contribution in [-0.4, -0.2) is 5.78 Å². The Hall–Kier alpha value is -0.770. The van der Waals surface area contributed by atoms with Crippen LogP contribution in [0.3, 0.4) is 0 Å². The first-order valence-electron chi connectivity index (χ1n) is 5.02. The highest BCUT2D eigenvalue weighted by Gasteiger charge is 2.17. The molecule has 1 unspecified atom stereocenters. The van der Waals surface area contributed by atoms with Gasteiger partial charge >= 0.3 is 0 Å². The lowest BCUT2D eigenvalue weighted by atomic mass is 9.98. The summed E-state index contributed by atoms with van der Waals surface area (Å²) >= 11 is 3.27. The van der Waals surface area contributed by atoms with Gasteiger partial charge < -0.3 is 0 Å². The van der Waals surface area contributed by atoms with E-state index in [1.807, 2.05) is 6.92 Å². The first kappa shape index (κ1) is 13.3. The number of aryl methyl sites for hydroxylation is 1. The molecule has 1 aromatic rings. The van der Waals surface area contributed by atoms with Crippen LogP contribution in [0.15, 0.2) is 18.2 Å². The standard InChI is InChI=1S/C12H13BrF2O/c1-3-8-6-9(12(14)15)4-5-10(8)11(13)7(2)16/h4-6,11-12H,3H2,1-2H3. The van der Waals surface area contributed by atoms with Crippen LogP contribution in [0.1, 0.15) is 41.8 Å². The second-order valence-electron chi connectivity index (χ2n) is 3.59. The van der Waals surface area contributed by atoms with Crippen molar-refractivity contribution in [3.63, 3.8) is 0 Å². The summed E-state index contributed by atoms with van der Waals surface area (Å²) in [6.45, 7) is 3.35. The van der Waals surface area contributed by atoms with E-state index >= 15 is 0 Å². The molecule has 1 atom stereocenters. The number of carbonyl (C=O) groups excluding carboxylic acids is 1. The molecule has 16 heavy (non-hydrogen) atoms. The van der Waals surface area contributed by atoms with Crippen LogP contribution >= 0.6 is 15.9 Å². The van der Waals surface area contributed by atoms with Gasteiger partial charge in [0.1, 0.15) is 5.78 Å². The molecular formula is C12H13BrF2O. The molecule has 1 aromatic carbocycles. The molecule has 0 saturated carbocycles. The van der Waals surface area contributed by atoms with E-state index in [0.717, 1.165) is 11.1 Å². The summed E-state index contributed by atoms with van der Waals surface area (Å²) in [4.78, 5) is 10.8. The van der Waals surface area contributed by atoms with E-state index in [1.165, 1.54) is 19.1 Å². The van der Waals surface area contributed by atoms with Crippen LogP contribution in [0.25, 0.3) is 0 Å². The topological polar surface area (TPSA) is 17.1 Å². The molecule has 1 rings (SSSR count). The molecule has 0 radical (unpaired) electrons. The van der Waals surface area contributed by atoms with Crippen molar-refractivity contribution in [1.82, 2.24) is 0 Å². The molecule has 0 amide bonds. The zero-order valence-corrected chi connectivity index (χ0v) is 10.7. The Bertz CT molecular complexity index is 391. The Morgan fingerprint density at radius 1 is 1.44 bits per heavy atom. The molecule has 0 aromatic heterocycles. The molecule has 88 valence electrons. The highest BCUT2D eigenvalue weighted by molar-refractivity contribution is 9.09. The van der Waals surface area contributed by atoms with E-state index in [4.69, 9.17) is 0 Å². The van der Waals surface area contributed by atoms with Crippen molar-refractivity contribution in [2.24, 2.45) is 0 Å². The van der Waals surface area contributed by atoms with Crippen LogP contribution in [-0.2, 0) is 11.2 Å². The third-order valence-electron chi connectivity index (χ3n) is 2.43. The fourth-order valence-corrected chi connectivity index (χ4v) is 1.98. The molecule has 4 heteroatoms. The lowest BCUT2D eigenvalue weighted by molar-refractivity contribution is -0.116. The minimum atomic E-state index is -2.47. The number of alkyl halides is 3. The monoisotopic (exact) mass is 290 g/mol. The molecule has 0 heterocycles. The summed E-state index contributed by atoms with van der Waals surface area (Å²) in [7, 11) is 0. The van der Waals surface area contributed by atoms with E-state index in [1.54, 1.807) is 6.07 Å². The average Bonchev–Trinajstić information content (AvgIpc) is 2.26. The second kappa shape index (κ2) is 5.53. The number of hydrogen-bond donors (Lipinski definition) is 0. The van der Waals surface area contributed by atoms with Gasteiger partial charge in [-0.15, -0.1) is 0 Å². The third-order valence-corrected chi connectivity index (χ3v) is 3.57. The molecule has 0 fully saturated rings. The first-order valence-corrected chi connectivity index (χ1v) is 5.94. The predicted molar refractivity (Wildman–Crippen MR) is 63.1 cm³/mol. The van der Waals surface area contributed by atoms with Crippen LogP contribution in [0.2, 0.25) is 0 Å². The number of ketones is 1. The van der Waals surface area contributed by atoms with Crippen LogP contribution < -0.4 is 0 Å². The maximum atomic E-state index is 12.5. The Morgan fingerprint density at radius 2 is 2.06 bits per heavy atom. The van der Waals surface area contributed by atoms with Crippen molar-refractivity contribution < 1.29 is 13.6 Å². The van der Waals surface area contributed by atoms with Gasteiger partial charge in [-0.2, -0.15) is 0 Å². The fourth-order valence-electron chi connectivity index (χ4n) is 1.53. The molecule has 0 N–H and O–H groups in total. The van der Waals surface area contributed by atoms with Crippen molar-refractivity contribution in [1.29, 1.82) is 0 Å². The van der Waals surface area contributed by atoms with E-state index in [9.17, 15) is 13.6 Å². The number of benzene rings is 1. The van der Waals surface area contributed by atoms with Crippen LogP contribution in [0.5, 0.6) is 0 Å². The number of hydrogen-bond acceptors (Lipinski definition) is 1. The van der Waals surface area contributed by atoms with E-state index in [0.29, 0.717) is 6.42 Å². The van der Waals surface area contributed by atoms with E-state index < -0.39 is 11.3 Å². The summed E-state index contributed by atoms with van der Waals surface area (Å²) in [6.07, 6.45) is -1.84. The van der Waals surface area contributed by atoms with Crippen molar-refractivity contribution in [3.8, 4) is 0 Å². The Kier molecular flexibility index (Phi) is 4.59. The number of halogens is 3. The molecule has 0 aliphatic rings. The van der Waals surface area contributed by atoms with Gasteiger partial charge in [0.25, 0.3) is 6.43 Å². The molecular weight excluding hydrogens is 278 g/mol. The van der Waals surface area contributed by atoms with Gasteiger partial charge in [-0.3, -0.25) is 4.79 Å². The largest absolute Gasteiger partial charge is 0.298 e. The molecule has 0 spiro atoms. The Morgan fingerprint density at radius 3 is 2.50 bits per heavy atom. The molecule has 0 aliphatic heterocycles. The highest BCUT2D eigenvalue weighted by atomic mass is 79.9. The number of carbonyl (C=O) groups is 1. The zero-order valence-electron chi connectivity index (χ0n) is 9.14. The zero-order chi connectivity index (χ0) is 12.3. The van der Waals surface area contributed by atoms with E-state index in [2.05, 4.69) is 15.9 Å². The number of rotatable bonds is 4. The smallest absolute Gasteiger partial charge is 0.263 e. The van der Waals surface area contributed by atoms with Gasteiger partial charge in [-0.1, -0.05) is 35.0 Å². The normalized spacial score (nSPS) is 12.9. The molecule has 1 nitrogen and oxygen atoms in total. The highest BCUT2D eigenvalue weighted by Crippen LogP contribution is 2.30. The van der Waals surface area contributed by atoms with Gasteiger partial charge in [-0.25, -0.2) is 8.78 Å². The summed E-state index contributed by atoms with van der Waals surface area (Å²) < 4.78 is 25.0. The van der Waals surface area contributed by atoms with Gasteiger partial charge in [0, 0.05) is 5.56 Å².